The molecule has 2 heterocycles. The Bertz CT molecular complexity index is 413. The number of piperazine rings is 1. The number of hydrogen-bond donors (Lipinski definition) is 1. The van der Waals surface area contributed by atoms with E-state index in [1.807, 2.05) is 12.3 Å². The van der Waals surface area contributed by atoms with Crippen molar-refractivity contribution in [1.82, 2.24) is 15.2 Å². The van der Waals surface area contributed by atoms with Crippen molar-refractivity contribution in [2.24, 2.45) is 0 Å². The van der Waals surface area contributed by atoms with Crippen LogP contribution in [0.5, 0.6) is 0 Å². The smallest absolute Gasteiger partial charge is 0.0637 e. The average Bonchev–Trinajstić information content (AvgIpc) is 2.38. The van der Waals surface area contributed by atoms with Crippen molar-refractivity contribution in [2.45, 2.75) is 19.4 Å². The molecule has 1 aliphatic rings. The molecule has 1 aliphatic heterocycles. The van der Waals surface area contributed by atoms with Crippen molar-refractivity contribution in [3.05, 3.63) is 41.2 Å². The Kier molecular flexibility index (Phi) is 4.75. The fourth-order valence-corrected chi connectivity index (χ4v) is 2.66. The highest BCUT2D eigenvalue weighted by atomic mass is 35.5. The highest BCUT2D eigenvalue weighted by Crippen LogP contribution is 2.31. The van der Waals surface area contributed by atoms with E-state index < -0.39 is 0 Å². The Hall–Kier alpha value is -0.900. The molecule has 4 heteroatoms. The van der Waals surface area contributed by atoms with E-state index in [2.05, 4.69) is 28.7 Å². The molecule has 0 spiro atoms. The third kappa shape index (κ3) is 3.31. The summed E-state index contributed by atoms with van der Waals surface area (Å²) >= 11 is 6.29. The van der Waals surface area contributed by atoms with E-state index in [9.17, 15) is 0 Å². The van der Waals surface area contributed by atoms with E-state index in [0.717, 1.165) is 43.2 Å². The average molecular weight is 266 g/mol. The van der Waals surface area contributed by atoms with Gasteiger partial charge in [0.15, 0.2) is 0 Å². The van der Waals surface area contributed by atoms with Gasteiger partial charge in [-0.25, -0.2) is 0 Å². The lowest BCUT2D eigenvalue weighted by atomic mass is 9.99. The van der Waals surface area contributed by atoms with Gasteiger partial charge in [-0.2, -0.15) is 0 Å². The fraction of sp³-hybridized carbons (Fsp3) is 0.500. The second kappa shape index (κ2) is 6.32. The van der Waals surface area contributed by atoms with Crippen LogP contribution in [0.15, 0.2) is 30.6 Å². The minimum atomic E-state index is 0.320. The zero-order valence-corrected chi connectivity index (χ0v) is 11.6. The van der Waals surface area contributed by atoms with Gasteiger partial charge in [-0.3, -0.25) is 9.88 Å². The number of halogens is 1. The quantitative estimate of drug-likeness (QED) is 0.849. The second-order valence-corrected chi connectivity index (χ2v) is 5.27. The van der Waals surface area contributed by atoms with Gasteiger partial charge < -0.3 is 5.32 Å². The molecule has 1 fully saturated rings. The normalized spacial score (nSPS) is 18.6. The molecule has 1 aromatic rings. The Labute approximate surface area is 114 Å². The summed E-state index contributed by atoms with van der Waals surface area (Å²) in [6.45, 7) is 10.3. The number of aromatic nitrogens is 1. The predicted molar refractivity (Wildman–Crippen MR) is 75.9 cm³/mol. The first kappa shape index (κ1) is 13.5. The van der Waals surface area contributed by atoms with Crippen LogP contribution in [0.25, 0.3) is 0 Å². The van der Waals surface area contributed by atoms with Gasteiger partial charge in [0.1, 0.15) is 0 Å². The van der Waals surface area contributed by atoms with Crippen LogP contribution in [0.3, 0.4) is 0 Å². The number of nitrogens with one attached hydrogen (secondary N) is 1. The summed E-state index contributed by atoms with van der Waals surface area (Å²) in [5, 5.41) is 4.13. The molecule has 0 bridgehead atoms. The van der Waals surface area contributed by atoms with Crippen molar-refractivity contribution < 1.29 is 0 Å². The standard InChI is InChI=1S/C14H20ClN3/c1-11(2)9-14(18-7-5-16-6-8-18)12-3-4-17-10-13(12)15/h3-4,10,14,16H,1,5-9H2,2H3/t14-/m1/s1. The molecule has 1 N–H and O–H groups in total. The third-order valence-corrected chi connectivity index (χ3v) is 3.61. The van der Waals surface area contributed by atoms with Crippen LogP contribution in [-0.2, 0) is 0 Å². The van der Waals surface area contributed by atoms with Gasteiger partial charge in [0.05, 0.1) is 5.02 Å². The van der Waals surface area contributed by atoms with Crippen molar-refractivity contribution in [3.8, 4) is 0 Å². The summed E-state index contributed by atoms with van der Waals surface area (Å²) in [6.07, 6.45) is 4.49. The van der Waals surface area contributed by atoms with E-state index in [4.69, 9.17) is 11.6 Å². The number of rotatable bonds is 4. The lowest BCUT2D eigenvalue weighted by Gasteiger charge is -2.35. The molecule has 98 valence electrons. The molecule has 0 amide bonds. The molecule has 0 radical (unpaired) electrons. The molecular formula is C14H20ClN3. The van der Waals surface area contributed by atoms with Crippen LogP contribution in [0, 0.1) is 0 Å². The fourth-order valence-electron chi connectivity index (χ4n) is 2.42. The van der Waals surface area contributed by atoms with E-state index in [-0.39, 0.29) is 0 Å². The van der Waals surface area contributed by atoms with Crippen LogP contribution in [0.4, 0.5) is 0 Å². The van der Waals surface area contributed by atoms with E-state index in [0.29, 0.717) is 6.04 Å². The zero-order chi connectivity index (χ0) is 13.0. The topological polar surface area (TPSA) is 28.2 Å². The molecule has 3 nitrogen and oxygen atoms in total. The van der Waals surface area contributed by atoms with Crippen LogP contribution < -0.4 is 5.32 Å². The van der Waals surface area contributed by atoms with Gasteiger partial charge in [0.2, 0.25) is 0 Å². The maximum atomic E-state index is 6.29. The van der Waals surface area contributed by atoms with Crippen molar-refractivity contribution in [1.29, 1.82) is 0 Å². The highest BCUT2D eigenvalue weighted by Gasteiger charge is 2.23. The number of hydrogen-bond acceptors (Lipinski definition) is 3. The van der Waals surface area contributed by atoms with Crippen molar-refractivity contribution in [3.63, 3.8) is 0 Å². The highest BCUT2D eigenvalue weighted by molar-refractivity contribution is 6.31. The summed E-state index contributed by atoms with van der Waals surface area (Å²) in [4.78, 5) is 6.54. The summed E-state index contributed by atoms with van der Waals surface area (Å²) in [5.74, 6) is 0. The monoisotopic (exact) mass is 265 g/mol. The van der Waals surface area contributed by atoms with Crippen LogP contribution in [-0.4, -0.2) is 36.1 Å². The zero-order valence-electron chi connectivity index (χ0n) is 10.8. The first-order valence-corrected chi connectivity index (χ1v) is 6.75. The van der Waals surface area contributed by atoms with Gasteiger partial charge in [-0.1, -0.05) is 17.2 Å². The van der Waals surface area contributed by atoms with Gasteiger partial charge in [-0.05, 0) is 25.0 Å². The summed E-state index contributed by atoms with van der Waals surface area (Å²) < 4.78 is 0. The lowest BCUT2D eigenvalue weighted by Crippen LogP contribution is -2.45. The second-order valence-electron chi connectivity index (χ2n) is 4.86. The van der Waals surface area contributed by atoms with Gasteiger partial charge in [-0.15, -0.1) is 6.58 Å². The molecule has 0 aromatic carbocycles. The van der Waals surface area contributed by atoms with Crippen molar-refractivity contribution >= 4 is 11.6 Å². The molecule has 0 unspecified atom stereocenters. The molecule has 2 rings (SSSR count). The third-order valence-electron chi connectivity index (χ3n) is 3.30. The van der Waals surface area contributed by atoms with Crippen LogP contribution in [0.1, 0.15) is 24.9 Å². The number of nitrogens with zero attached hydrogens (tertiary/aromatic N) is 2. The van der Waals surface area contributed by atoms with Gasteiger partial charge in [0, 0.05) is 44.6 Å². The van der Waals surface area contributed by atoms with Crippen molar-refractivity contribution in [2.75, 3.05) is 26.2 Å². The first-order chi connectivity index (χ1) is 8.68. The Morgan fingerprint density at radius 2 is 2.28 bits per heavy atom. The Balaban J connectivity index is 2.24. The minimum Gasteiger partial charge on any atom is -0.314 e. The summed E-state index contributed by atoms with van der Waals surface area (Å²) in [6, 6.07) is 2.35. The Morgan fingerprint density at radius 1 is 1.56 bits per heavy atom. The first-order valence-electron chi connectivity index (χ1n) is 6.37. The number of pyridine rings is 1. The minimum absolute atomic E-state index is 0.320. The van der Waals surface area contributed by atoms with Crippen LogP contribution in [0.2, 0.25) is 5.02 Å². The van der Waals surface area contributed by atoms with E-state index in [1.165, 1.54) is 5.57 Å². The molecule has 1 saturated heterocycles. The molecular weight excluding hydrogens is 246 g/mol. The van der Waals surface area contributed by atoms with E-state index >= 15 is 0 Å². The SMILES string of the molecule is C=C(C)C[C@H](c1ccncc1Cl)N1CCNCC1. The molecule has 0 saturated carbocycles. The summed E-state index contributed by atoms with van der Waals surface area (Å²) in [5.41, 5.74) is 2.35. The maximum absolute atomic E-state index is 6.29. The van der Waals surface area contributed by atoms with E-state index in [1.54, 1.807) is 6.20 Å². The Morgan fingerprint density at radius 3 is 2.89 bits per heavy atom. The molecule has 18 heavy (non-hydrogen) atoms. The predicted octanol–water partition coefficient (Wildman–Crippen LogP) is 2.65. The maximum Gasteiger partial charge on any atom is 0.0637 e. The van der Waals surface area contributed by atoms with Gasteiger partial charge >= 0.3 is 0 Å². The molecule has 0 aliphatic carbocycles. The lowest BCUT2D eigenvalue weighted by molar-refractivity contribution is 0.172. The summed E-state index contributed by atoms with van der Waals surface area (Å²) in [7, 11) is 0. The largest absolute Gasteiger partial charge is 0.314 e. The molecule has 1 atom stereocenters. The van der Waals surface area contributed by atoms with Gasteiger partial charge in [0.25, 0.3) is 0 Å². The molecule has 1 aromatic heterocycles. The van der Waals surface area contributed by atoms with Crippen LogP contribution >= 0.6 is 11.6 Å².